The van der Waals surface area contributed by atoms with E-state index >= 15 is 0 Å². The summed E-state index contributed by atoms with van der Waals surface area (Å²) in [5, 5.41) is 9.28. The Balaban J connectivity index is 1.79. The Bertz CT molecular complexity index is 645. The van der Waals surface area contributed by atoms with Gasteiger partial charge in [-0.1, -0.05) is 24.3 Å². The number of rotatable bonds is 7. The van der Waals surface area contributed by atoms with E-state index < -0.39 is 0 Å². The Kier molecular flexibility index (Phi) is 6.25. The molecule has 0 aliphatic rings. The lowest BCUT2D eigenvalue weighted by Crippen LogP contribution is -2.19. The standard InChI is InChI=1S/C19H20F2N2/c1-23(14-15-4-8-18(20)9-5-15)12-2-3-17(13-22)16-6-10-19(21)11-7-16/h4-11,17H,2-3,12,14H2,1H3. The van der Waals surface area contributed by atoms with Crippen LogP contribution in [0.5, 0.6) is 0 Å². The zero-order valence-corrected chi connectivity index (χ0v) is 13.2. The second kappa shape index (κ2) is 8.40. The fourth-order valence-electron chi connectivity index (χ4n) is 2.55. The molecule has 2 nitrogen and oxygen atoms in total. The lowest BCUT2D eigenvalue weighted by atomic mass is 9.95. The maximum Gasteiger partial charge on any atom is 0.123 e. The Hall–Kier alpha value is -2.25. The first-order valence-electron chi connectivity index (χ1n) is 7.66. The van der Waals surface area contributed by atoms with Crippen molar-refractivity contribution >= 4 is 0 Å². The predicted molar refractivity (Wildman–Crippen MR) is 86.7 cm³/mol. The van der Waals surface area contributed by atoms with E-state index in [0.29, 0.717) is 0 Å². The molecule has 0 heterocycles. The molecule has 23 heavy (non-hydrogen) atoms. The molecular formula is C19H20F2N2. The summed E-state index contributed by atoms with van der Waals surface area (Å²) in [5.74, 6) is -0.730. The van der Waals surface area contributed by atoms with Gasteiger partial charge in [0.2, 0.25) is 0 Å². The molecule has 0 fully saturated rings. The number of hydrogen-bond donors (Lipinski definition) is 0. The van der Waals surface area contributed by atoms with E-state index in [2.05, 4.69) is 11.0 Å². The molecule has 0 aliphatic carbocycles. The third kappa shape index (κ3) is 5.46. The molecule has 0 N–H and O–H groups in total. The molecule has 1 unspecified atom stereocenters. The number of nitrogens with zero attached hydrogens (tertiary/aromatic N) is 2. The minimum absolute atomic E-state index is 0.213. The highest BCUT2D eigenvalue weighted by molar-refractivity contribution is 5.25. The van der Waals surface area contributed by atoms with E-state index in [9.17, 15) is 14.0 Å². The van der Waals surface area contributed by atoms with Crippen LogP contribution in [0, 0.1) is 23.0 Å². The van der Waals surface area contributed by atoms with E-state index in [4.69, 9.17) is 0 Å². The quantitative estimate of drug-likeness (QED) is 0.753. The Morgan fingerprint density at radius 3 is 2.13 bits per heavy atom. The van der Waals surface area contributed by atoms with E-state index in [1.54, 1.807) is 24.3 Å². The molecule has 2 aromatic carbocycles. The predicted octanol–water partition coefficient (Wildman–Crippen LogP) is 4.48. The summed E-state index contributed by atoms with van der Waals surface area (Å²) < 4.78 is 25.8. The lowest BCUT2D eigenvalue weighted by Gasteiger charge is -2.17. The number of benzene rings is 2. The summed E-state index contributed by atoms with van der Waals surface area (Å²) >= 11 is 0. The van der Waals surface area contributed by atoms with Crippen molar-refractivity contribution < 1.29 is 8.78 Å². The molecule has 4 heteroatoms. The SMILES string of the molecule is CN(CCCC(C#N)c1ccc(F)cc1)Cc1ccc(F)cc1. The first kappa shape index (κ1) is 17.1. The van der Waals surface area contributed by atoms with Crippen LogP contribution in [-0.2, 0) is 6.54 Å². The smallest absolute Gasteiger partial charge is 0.123 e. The molecule has 0 aliphatic heterocycles. The molecular weight excluding hydrogens is 294 g/mol. The van der Waals surface area contributed by atoms with Gasteiger partial charge in [-0.25, -0.2) is 8.78 Å². The van der Waals surface area contributed by atoms with Gasteiger partial charge in [0.05, 0.1) is 12.0 Å². The van der Waals surface area contributed by atoms with Crippen molar-refractivity contribution in [3.8, 4) is 6.07 Å². The zero-order chi connectivity index (χ0) is 16.7. The van der Waals surface area contributed by atoms with E-state index in [1.165, 1.54) is 24.3 Å². The summed E-state index contributed by atoms with van der Waals surface area (Å²) in [4.78, 5) is 2.15. The van der Waals surface area contributed by atoms with Gasteiger partial charge in [0.25, 0.3) is 0 Å². The first-order valence-corrected chi connectivity index (χ1v) is 7.66. The second-order valence-corrected chi connectivity index (χ2v) is 5.74. The minimum atomic E-state index is -0.288. The molecule has 1 atom stereocenters. The maximum atomic E-state index is 12.9. The molecule has 2 aromatic rings. The Morgan fingerprint density at radius 2 is 1.57 bits per heavy atom. The summed E-state index contributed by atoms with van der Waals surface area (Å²) in [7, 11) is 2.00. The van der Waals surface area contributed by atoms with Crippen molar-refractivity contribution in [2.75, 3.05) is 13.6 Å². The highest BCUT2D eigenvalue weighted by Crippen LogP contribution is 2.21. The highest BCUT2D eigenvalue weighted by atomic mass is 19.1. The van der Waals surface area contributed by atoms with Crippen LogP contribution in [-0.4, -0.2) is 18.5 Å². The molecule has 0 aromatic heterocycles. The van der Waals surface area contributed by atoms with E-state index in [-0.39, 0.29) is 17.6 Å². The van der Waals surface area contributed by atoms with Gasteiger partial charge in [-0.15, -0.1) is 0 Å². The van der Waals surface area contributed by atoms with Crippen LogP contribution in [0.15, 0.2) is 48.5 Å². The summed E-state index contributed by atoms with van der Waals surface area (Å²) in [6, 6.07) is 14.9. The number of halogens is 2. The van der Waals surface area contributed by atoms with Gasteiger partial charge >= 0.3 is 0 Å². The fraction of sp³-hybridized carbons (Fsp3) is 0.316. The molecule has 0 saturated carbocycles. The van der Waals surface area contributed by atoms with Crippen molar-refractivity contribution in [1.29, 1.82) is 5.26 Å². The van der Waals surface area contributed by atoms with Gasteiger partial charge < -0.3 is 4.90 Å². The largest absolute Gasteiger partial charge is 0.302 e. The average molecular weight is 314 g/mol. The van der Waals surface area contributed by atoms with Crippen LogP contribution < -0.4 is 0 Å². The topological polar surface area (TPSA) is 27.0 Å². The van der Waals surface area contributed by atoms with E-state index in [1.807, 2.05) is 7.05 Å². The molecule has 0 radical (unpaired) electrons. The fourth-order valence-corrected chi connectivity index (χ4v) is 2.55. The van der Waals surface area contributed by atoms with Crippen LogP contribution in [0.25, 0.3) is 0 Å². The first-order chi connectivity index (χ1) is 11.1. The molecule has 120 valence electrons. The highest BCUT2D eigenvalue weighted by Gasteiger charge is 2.11. The summed E-state index contributed by atoms with van der Waals surface area (Å²) in [6.45, 7) is 1.59. The van der Waals surface area contributed by atoms with Gasteiger partial charge in [0, 0.05) is 6.54 Å². The van der Waals surface area contributed by atoms with Crippen molar-refractivity contribution in [2.45, 2.75) is 25.3 Å². The molecule has 2 rings (SSSR count). The summed E-state index contributed by atoms with van der Waals surface area (Å²) in [6.07, 6.45) is 1.60. The zero-order valence-electron chi connectivity index (χ0n) is 13.2. The van der Waals surface area contributed by atoms with Crippen LogP contribution in [0.1, 0.15) is 29.9 Å². The maximum absolute atomic E-state index is 12.9. The minimum Gasteiger partial charge on any atom is -0.302 e. The van der Waals surface area contributed by atoms with Crippen molar-refractivity contribution in [1.82, 2.24) is 4.90 Å². The third-order valence-electron chi connectivity index (χ3n) is 3.83. The third-order valence-corrected chi connectivity index (χ3v) is 3.83. The molecule has 0 saturated heterocycles. The number of nitriles is 1. The van der Waals surface area contributed by atoms with Crippen LogP contribution in [0.3, 0.4) is 0 Å². The van der Waals surface area contributed by atoms with Crippen molar-refractivity contribution in [2.24, 2.45) is 0 Å². The normalized spacial score (nSPS) is 12.1. The van der Waals surface area contributed by atoms with Gasteiger partial charge in [-0.3, -0.25) is 0 Å². The van der Waals surface area contributed by atoms with Crippen molar-refractivity contribution in [3.05, 3.63) is 71.3 Å². The lowest BCUT2D eigenvalue weighted by molar-refractivity contribution is 0.317. The van der Waals surface area contributed by atoms with Crippen LogP contribution >= 0.6 is 0 Å². The molecule has 0 spiro atoms. The monoisotopic (exact) mass is 314 g/mol. The number of hydrogen-bond acceptors (Lipinski definition) is 2. The van der Waals surface area contributed by atoms with Crippen LogP contribution in [0.2, 0.25) is 0 Å². The van der Waals surface area contributed by atoms with Crippen LogP contribution in [0.4, 0.5) is 8.78 Å². The van der Waals surface area contributed by atoms with Gasteiger partial charge in [-0.05, 0) is 61.8 Å². The molecule has 0 bridgehead atoms. The van der Waals surface area contributed by atoms with Gasteiger partial charge in [-0.2, -0.15) is 5.26 Å². The van der Waals surface area contributed by atoms with Crippen molar-refractivity contribution in [3.63, 3.8) is 0 Å². The second-order valence-electron chi connectivity index (χ2n) is 5.74. The summed E-state index contributed by atoms with van der Waals surface area (Å²) in [5.41, 5.74) is 1.92. The van der Waals surface area contributed by atoms with Gasteiger partial charge in [0.15, 0.2) is 0 Å². The Morgan fingerprint density at radius 1 is 1.00 bits per heavy atom. The Labute approximate surface area is 136 Å². The average Bonchev–Trinajstić information content (AvgIpc) is 2.55. The van der Waals surface area contributed by atoms with Gasteiger partial charge in [0.1, 0.15) is 11.6 Å². The van der Waals surface area contributed by atoms with E-state index in [0.717, 1.165) is 37.1 Å². The molecule has 0 amide bonds.